The largest absolute Gasteiger partial charge is 0.399 e. The van der Waals surface area contributed by atoms with E-state index < -0.39 is 15.6 Å². The Kier molecular flexibility index (Phi) is 8.05. The predicted octanol–water partition coefficient (Wildman–Crippen LogP) is 3.65. The zero-order valence-electron chi connectivity index (χ0n) is 16.6. The van der Waals surface area contributed by atoms with Crippen LogP contribution < -0.4 is 15.8 Å². The fraction of sp³-hybridized carbons (Fsp3) is 0.350. The average Bonchev–Trinajstić information content (AvgIpc) is 2.53. The quantitative estimate of drug-likeness (QED) is 0.615. The van der Waals surface area contributed by atoms with Gasteiger partial charge in [-0.25, -0.2) is 13.1 Å². The van der Waals surface area contributed by atoms with Crippen molar-refractivity contribution >= 4 is 39.7 Å². The van der Waals surface area contributed by atoms with Gasteiger partial charge in [-0.15, -0.1) is 12.4 Å². The summed E-state index contributed by atoms with van der Waals surface area (Å²) in [5.41, 5.74) is 7.92. The van der Waals surface area contributed by atoms with Crippen LogP contribution in [0.1, 0.15) is 38.3 Å². The van der Waals surface area contributed by atoms with Gasteiger partial charge in [0.2, 0.25) is 15.9 Å². The molecule has 0 spiro atoms. The summed E-state index contributed by atoms with van der Waals surface area (Å²) in [7, 11) is -3.69. The molecule has 4 N–H and O–H groups in total. The van der Waals surface area contributed by atoms with Gasteiger partial charge in [-0.3, -0.25) is 4.79 Å². The molecule has 0 aliphatic rings. The number of rotatable bonds is 6. The molecule has 0 fully saturated rings. The topological polar surface area (TPSA) is 101 Å². The molecule has 0 saturated carbocycles. The lowest BCUT2D eigenvalue weighted by molar-refractivity contribution is -0.116. The van der Waals surface area contributed by atoms with Crippen LogP contribution in [0, 0.1) is 6.92 Å². The fourth-order valence-electron chi connectivity index (χ4n) is 2.66. The first kappa shape index (κ1) is 23.9. The lowest BCUT2D eigenvalue weighted by atomic mass is 10.1. The highest BCUT2D eigenvalue weighted by Gasteiger charge is 2.24. The van der Waals surface area contributed by atoms with Crippen LogP contribution in [0.3, 0.4) is 0 Å². The molecule has 0 unspecified atom stereocenters. The number of carbonyl (C=O) groups is 1. The van der Waals surface area contributed by atoms with Crippen molar-refractivity contribution < 1.29 is 13.2 Å². The summed E-state index contributed by atoms with van der Waals surface area (Å²) < 4.78 is 27.9. The predicted molar refractivity (Wildman–Crippen MR) is 116 cm³/mol. The molecular weight excluding hydrogens is 398 g/mol. The Hall–Kier alpha value is -2.09. The molecule has 0 aliphatic carbocycles. The summed E-state index contributed by atoms with van der Waals surface area (Å²) >= 11 is 0. The number of para-hydroxylation sites is 1. The molecule has 0 heterocycles. The molecule has 0 aromatic heterocycles. The van der Waals surface area contributed by atoms with E-state index in [0.717, 1.165) is 5.56 Å². The van der Waals surface area contributed by atoms with Crippen molar-refractivity contribution in [1.82, 2.24) is 4.72 Å². The molecule has 0 bridgehead atoms. The molecule has 1 amide bonds. The average molecular weight is 426 g/mol. The zero-order valence-corrected chi connectivity index (χ0v) is 18.2. The molecule has 0 radical (unpaired) electrons. The van der Waals surface area contributed by atoms with Gasteiger partial charge >= 0.3 is 0 Å². The van der Waals surface area contributed by atoms with E-state index in [-0.39, 0.29) is 29.6 Å². The number of nitrogen functional groups attached to an aromatic ring is 1. The number of nitrogens with one attached hydrogen (secondary N) is 2. The van der Waals surface area contributed by atoms with Gasteiger partial charge < -0.3 is 11.1 Å². The molecule has 6 nitrogen and oxygen atoms in total. The SMILES string of the molecule is Cc1ccc(NC(=O)CCc2ccccc2N)cc1S(=O)(=O)NC(C)(C)C.Cl. The molecule has 154 valence electrons. The third kappa shape index (κ3) is 6.82. The third-order valence-corrected chi connectivity index (χ3v) is 5.78. The number of nitrogens with two attached hydrogens (primary N) is 1. The summed E-state index contributed by atoms with van der Waals surface area (Å²) in [6, 6.07) is 12.3. The van der Waals surface area contributed by atoms with Crippen molar-refractivity contribution in [2.75, 3.05) is 11.1 Å². The Morgan fingerprint density at radius 1 is 1.11 bits per heavy atom. The van der Waals surface area contributed by atoms with Crippen LogP contribution in [0.15, 0.2) is 47.4 Å². The van der Waals surface area contributed by atoms with E-state index in [4.69, 9.17) is 5.73 Å². The van der Waals surface area contributed by atoms with Gasteiger partial charge in [0.15, 0.2) is 0 Å². The Balaban J connectivity index is 0.00000392. The second kappa shape index (κ2) is 9.41. The van der Waals surface area contributed by atoms with Crippen LogP contribution in [0.5, 0.6) is 0 Å². The minimum absolute atomic E-state index is 0. The zero-order chi connectivity index (χ0) is 20.2. The second-order valence-electron chi connectivity index (χ2n) is 7.58. The van der Waals surface area contributed by atoms with Gasteiger partial charge in [0.05, 0.1) is 4.90 Å². The van der Waals surface area contributed by atoms with Crippen molar-refractivity contribution in [2.45, 2.75) is 51.0 Å². The highest BCUT2D eigenvalue weighted by molar-refractivity contribution is 7.89. The van der Waals surface area contributed by atoms with Crippen molar-refractivity contribution in [1.29, 1.82) is 0 Å². The molecule has 2 aromatic rings. The summed E-state index contributed by atoms with van der Waals surface area (Å²) in [6.07, 6.45) is 0.769. The number of hydrogen-bond acceptors (Lipinski definition) is 4. The van der Waals surface area contributed by atoms with Crippen molar-refractivity contribution in [2.24, 2.45) is 0 Å². The standard InChI is InChI=1S/C20H27N3O3S.ClH/c1-14-9-11-16(13-18(14)27(25,26)23-20(2,3)4)22-19(24)12-10-15-7-5-6-8-17(15)21;/h5-9,11,13,23H,10,12,21H2,1-4H3,(H,22,24);1H. The number of hydrogen-bond donors (Lipinski definition) is 3. The lowest BCUT2D eigenvalue weighted by Crippen LogP contribution is -2.40. The summed E-state index contributed by atoms with van der Waals surface area (Å²) in [4.78, 5) is 12.4. The van der Waals surface area contributed by atoms with Crippen LogP contribution in [-0.4, -0.2) is 19.9 Å². The van der Waals surface area contributed by atoms with Gasteiger partial charge in [-0.2, -0.15) is 0 Å². The Morgan fingerprint density at radius 3 is 2.36 bits per heavy atom. The minimum Gasteiger partial charge on any atom is -0.399 e. The molecule has 8 heteroatoms. The van der Waals surface area contributed by atoms with Crippen LogP contribution in [0.2, 0.25) is 0 Å². The summed E-state index contributed by atoms with van der Waals surface area (Å²) in [6.45, 7) is 7.06. The van der Waals surface area contributed by atoms with Crippen LogP contribution in [0.25, 0.3) is 0 Å². The number of carbonyl (C=O) groups excluding carboxylic acids is 1. The first-order valence-electron chi connectivity index (χ1n) is 8.76. The number of amides is 1. The van der Waals surface area contributed by atoms with E-state index in [2.05, 4.69) is 10.0 Å². The highest BCUT2D eigenvalue weighted by atomic mass is 35.5. The van der Waals surface area contributed by atoms with Crippen LogP contribution in [0.4, 0.5) is 11.4 Å². The van der Waals surface area contributed by atoms with Gasteiger partial charge in [0.25, 0.3) is 0 Å². The lowest BCUT2D eigenvalue weighted by Gasteiger charge is -2.21. The van der Waals surface area contributed by atoms with Gasteiger partial charge in [0, 0.05) is 23.3 Å². The number of benzene rings is 2. The number of anilines is 2. The molecular formula is C20H28ClN3O3S. The maximum atomic E-state index is 12.6. The Bertz CT molecular complexity index is 938. The van der Waals surface area contributed by atoms with Gasteiger partial charge in [0.1, 0.15) is 0 Å². The van der Waals surface area contributed by atoms with E-state index in [1.165, 1.54) is 6.07 Å². The Morgan fingerprint density at radius 2 is 1.75 bits per heavy atom. The number of sulfonamides is 1. The minimum atomic E-state index is -3.69. The molecule has 0 atom stereocenters. The molecule has 2 aromatic carbocycles. The molecule has 28 heavy (non-hydrogen) atoms. The van der Waals surface area contributed by atoms with E-state index in [1.54, 1.807) is 45.9 Å². The van der Waals surface area contributed by atoms with Crippen molar-refractivity contribution in [3.05, 3.63) is 53.6 Å². The van der Waals surface area contributed by atoms with Crippen LogP contribution >= 0.6 is 12.4 Å². The second-order valence-corrected chi connectivity index (χ2v) is 9.23. The van der Waals surface area contributed by atoms with E-state index >= 15 is 0 Å². The van der Waals surface area contributed by atoms with Crippen molar-refractivity contribution in [3.63, 3.8) is 0 Å². The summed E-state index contributed by atoms with van der Waals surface area (Å²) in [5, 5.41) is 2.76. The summed E-state index contributed by atoms with van der Waals surface area (Å²) in [5.74, 6) is -0.200. The number of aryl methyl sites for hydroxylation is 2. The fourth-order valence-corrected chi connectivity index (χ4v) is 4.35. The first-order chi connectivity index (χ1) is 12.5. The van der Waals surface area contributed by atoms with Gasteiger partial charge in [-0.1, -0.05) is 24.3 Å². The Labute approximate surface area is 173 Å². The monoisotopic (exact) mass is 425 g/mol. The molecule has 0 aliphatic heterocycles. The maximum absolute atomic E-state index is 12.6. The maximum Gasteiger partial charge on any atom is 0.241 e. The molecule has 2 rings (SSSR count). The van der Waals surface area contributed by atoms with E-state index in [9.17, 15) is 13.2 Å². The number of halogens is 1. The van der Waals surface area contributed by atoms with Gasteiger partial charge in [-0.05, 0) is 63.4 Å². The normalized spacial score (nSPS) is 11.6. The van der Waals surface area contributed by atoms with E-state index in [0.29, 0.717) is 23.4 Å². The highest BCUT2D eigenvalue weighted by Crippen LogP contribution is 2.22. The van der Waals surface area contributed by atoms with E-state index in [1.807, 2.05) is 18.2 Å². The van der Waals surface area contributed by atoms with Crippen molar-refractivity contribution in [3.8, 4) is 0 Å². The third-order valence-electron chi connectivity index (χ3n) is 3.88. The van der Waals surface area contributed by atoms with Crippen LogP contribution in [-0.2, 0) is 21.2 Å². The first-order valence-corrected chi connectivity index (χ1v) is 10.2. The molecule has 0 saturated heterocycles. The smallest absolute Gasteiger partial charge is 0.241 e.